The largest absolute Gasteiger partial charge is 0.497 e. The third-order valence-corrected chi connectivity index (χ3v) is 4.92. The molecule has 0 spiro atoms. The molecule has 0 amide bonds. The number of benzene rings is 2. The van der Waals surface area contributed by atoms with Gasteiger partial charge in [0.05, 0.1) is 18.8 Å². The van der Waals surface area contributed by atoms with Crippen molar-refractivity contribution in [3.05, 3.63) is 84.2 Å². The molecule has 140 valence electrons. The van der Waals surface area contributed by atoms with Crippen LogP contribution < -0.4 is 4.74 Å². The van der Waals surface area contributed by atoms with Crippen LogP contribution in [0.3, 0.4) is 0 Å². The molecule has 5 heteroatoms. The van der Waals surface area contributed by atoms with E-state index in [9.17, 15) is 9.90 Å². The van der Waals surface area contributed by atoms with E-state index in [0.29, 0.717) is 5.69 Å². The molecule has 28 heavy (non-hydrogen) atoms. The highest BCUT2D eigenvalue weighted by molar-refractivity contribution is 5.88. The normalized spacial score (nSPS) is 12.1. The van der Waals surface area contributed by atoms with Crippen LogP contribution in [0.4, 0.5) is 0 Å². The van der Waals surface area contributed by atoms with Crippen LogP contribution in [0.15, 0.2) is 72.8 Å². The minimum Gasteiger partial charge on any atom is -0.497 e. The van der Waals surface area contributed by atoms with Crippen LogP contribution in [-0.4, -0.2) is 27.7 Å². The Morgan fingerprint density at radius 1 is 1.04 bits per heavy atom. The summed E-state index contributed by atoms with van der Waals surface area (Å²) < 4.78 is 7.57. The Labute approximate surface area is 162 Å². The molecule has 4 rings (SSSR count). The molecule has 0 radical (unpaired) electrons. The fourth-order valence-corrected chi connectivity index (χ4v) is 3.53. The first-order valence-electron chi connectivity index (χ1n) is 9.03. The number of hydrogen-bond donors (Lipinski definition) is 1. The SMILES string of the molecule is COc1ccc2c(c1)cc(-c1ccccc1)n2C(C)c1cccc(C(=O)O)n1. The summed E-state index contributed by atoms with van der Waals surface area (Å²) in [5.41, 5.74) is 3.90. The molecule has 1 unspecified atom stereocenters. The smallest absolute Gasteiger partial charge is 0.354 e. The number of fused-ring (bicyclic) bond motifs is 1. The lowest BCUT2D eigenvalue weighted by atomic mass is 10.1. The van der Waals surface area contributed by atoms with Gasteiger partial charge in [-0.1, -0.05) is 36.4 Å². The summed E-state index contributed by atoms with van der Waals surface area (Å²) in [6.45, 7) is 2.03. The van der Waals surface area contributed by atoms with Crippen molar-refractivity contribution in [2.24, 2.45) is 0 Å². The van der Waals surface area contributed by atoms with Crippen molar-refractivity contribution in [2.45, 2.75) is 13.0 Å². The van der Waals surface area contributed by atoms with Gasteiger partial charge >= 0.3 is 5.97 Å². The number of nitrogens with zero attached hydrogens (tertiary/aromatic N) is 2. The predicted octanol–water partition coefficient (Wildman–Crippen LogP) is 5.02. The summed E-state index contributed by atoms with van der Waals surface area (Å²) in [5, 5.41) is 10.4. The zero-order chi connectivity index (χ0) is 19.7. The van der Waals surface area contributed by atoms with Crippen molar-refractivity contribution >= 4 is 16.9 Å². The molecular weight excluding hydrogens is 352 g/mol. The summed E-state index contributed by atoms with van der Waals surface area (Å²) in [6.07, 6.45) is 0. The Hall–Kier alpha value is -3.60. The van der Waals surface area contributed by atoms with Gasteiger partial charge < -0.3 is 14.4 Å². The molecule has 0 aliphatic rings. The number of rotatable bonds is 5. The van der Waals surface area contributed by atoms with Crippen molar-refractivity contribution in [2.75, 3.05) is 7.11 Å². The first kappa shape index (κ1) is 17.8. The summed E-state index contributed by atoms with van der Waals surface area (Å²) in [5.74, 6) is -0.234. The van der Waals surface area contributed by atoms with Crippen molar-refractivity contribution in [3.8, 4) is 17.0 Å². The molecule has 0 fully saturated rings. The number of carboxylic acids is 1. The van der Waals surface area contributed by atoms with E-state index < -0.39 is 5.97 Å². The molecule has 2 aromatic heterocycles. The average molecular weight is 372 g/mol. The van der Waals surface area contributed by atoms with Crippen LogP contribution in [0.25, 0.3) is 22.2 Å². The molecule has 5 nitrogen and oxygen atoms in total. The van der Waals surface area contributed by atoms with Gasteiger partial charge in [0.2, 0.25) is 0 Å². The fraction of sp³-hybridized carbons (Fsp3) is 0.130. The second-order valence-corrected chi connectivity index (χ2v) is 6.62. The Balaban J connectivity index is 1.93. The maximum atomic E-state index is 11.4. The standard InChI is InChI=1S/C23H20N2O3/c1-15(19-9-6-10-20(24-19)23(26)27)25-21-12-11-18(28-2)13-17(21)14-22(25)16-7-4-3-5-8-16/h3-15H,1-2H3,(H,26,27). The molecule has 4 aromatic rings. The fourth-order valence-electron chi connectivity index (χ4n) is 3.53. The molecule has 1 N–H and O–H groups in total. The van der Waals surface area contributed by atoms with Crippen molar-refractivity contribution in [3.63, 3.8) is 0 Å². The quantitative estimate of drug-likeness (QED) is 0.534. The minimum absolute atomic E-state index is 0.0451. The van der Waals surface area contributed by atoms with Gasteiger partial charge in [0, 0.05) is 16.6 Å². The van der Waals surface area contributed by atoms with E-state index in [4.69, 9.17) is 4.74 Å². The summed E-state index contributed by atoms with van der Waals surface area (Å²) in [4.78, 5) is 15.7. The maximum absolute atomic E-state index is 11.4. The number of carbonyl (C=O) groups is 1. The van der Waals surface area contributed by atoms with E-state index in [1.165, 1.54) is 6.07 Å². The molecular formula is C23H20N2O3. The van der Waals surface area contributed by atoms with Gasteiger partial charge in [-0.25, -0.2) is 9.78 Å². The topological polar surface area (TPSA) is 64.3 Å². The monoisotopic (exact) mass is 372 g/mol. The number of aromatic carboxylic acids is 1. The highest BCUT2D eigenvalue weighted by atomic mass is 16.5. The van der Waals surface area contributed by atoms with Gasteiger partial charge in [0.25, 0.3) is 0 Å². The molecule has 2 heterocycles. The maximum Gasteiger partial charge on any atom is 0.354 e. The molecule has 2 aromatic carbocycles. The van der Waals surface area contributed by atoms with Crippen LogP contribution >= 0.6 is 0 Å². The highest BCUT2D eigenvalue weighted by Crippen LogP contribution is 2.35. The van der Waals surface area contributed by atoms with Crippen molar-refractivity contribution in [1.29, 1.82) is 0 Å². The Morgan fingerprint density at radius 2 is 1.82 bits per heavy atom. The van der Waals surface area contributed by atoms with Gasteiger partial charge in [0.1, 0.15) is 11.4 Å². The first-order chi connectivity index (χ1) is 13.6. The summed E-state index contributed by atoms with van der Waals surface area (Å²) >= 11 is 0. The van der Waals surface area contributed by atoms with Crippen LogP contribution in [0, 0.1) is 0 Å². The van der Waals surface area contributed by atoms with Crippen LogP contribution in [0.2, 0.25) is 0 Å². The minimum atomic E-state index is -1.03. The van der Waals surface area contributed by atoms with Gasteiger partial charge in [-0.15, -0.1) is 0 Å². The Bertz CT molecular complexity index is 1150. The number of methoxy groups -OCH3 is 1. The van der Waals surface area contributed by atoms with E-state index in [1.807, 2.05) is 49.4 Å². The number of hydrogen-bond acceptors (Lipinski definition) is 3. The average Bonchev–Trinajstić information content (AvgIpc) is 3.12. The number of ether oxygens (including phenoxy) is 1. The zero-order valence-electron chi connectivity index (χ0n) is 15.7. The zero-order valence-corrected chi connectivity index (χ0v) is 15.7. The third kappa shape index (κ3) is 3.11. The van der Waals surface area contributed by atoms with Crippen LogP contribution in [-0.2, 0) is 0 Å². The Morgan fingerprint density at radius 3 is 2.54 bits per heavy atom. The van der Waals surface area contributed by atoms with Gasteiger partial charge in [-0.2, -0.15) is 0 Å². The molecule has 0 saturated carbocycles. The molecule has 0 bridgehead atoms. The van der Waals surface area contributed by atoms with E-state index in [0.717, 1.165) is 27.9 Å². The number of pyridine rings is 1. The number of aromatic nitrogens is 2. The molecule has 1 atom stereocenters. The van der Waals surface area contributed by atoms with Crippen molar-refractivity contribution in [1.82, 2.24) is 9.55 Å². The van der Waals surface area contributed by atoms with E-state index in [-0.39, 0.29) is 11.7 Å². The van der Waals surface area contributed by atoms with E-state index in [2.05, 4.69) is 27.8 Å². The van der Waals surface area contributed by atoms with E-state index in [1.54, 1.807) is 13.2 Å². The number of carboxylic acid groups (broad SMARTS) is 1. The van der Waals surface area contributed by atoms with Gasteiger partial charge in [0.15, 0.2) is 0 Å². The highest BCUT2D eigenvalue weighted by Gasteiger charge is 2.19. The second-order valence-electron chi connectivity index (χ2n) is 6.62. The summed E-state index contributed by atoms with van der Waals surface area (Å²) in [7, 11) is 1.65. The van der Waals surface area contributed by atoms with Crippen LogP contribution in [0.5, 0.6) is 5.75 Å². The molecule has 0 aliphatic carbocycles. The molecule has 0 saturated heterocycles. The van der Waals surface area contributed by atoms with Gasteiger partial charge in [-0.05, 0) is 48.9 Å². The lowest BCUT2D eigenvalue weighted by molar-refractivity contribution is 0.0690. The first-order valence-corrected chi connectivity index (χ1v) is 9.03. The molecule has 0 aliphatic heterocycles. The van der Waals surface area contributed by atoms with Crippen LogP contribution in [0.1, 0.15) is 29.1 Å². The third-order valence-electron chi connectivity index (χ3n) is 4.92. The lowest BCUT2D eigenvalue weighted by Gasteiger charge is -2.19. The van der Waals surface area contributed by atoms with E-state index >= 15 is 0 Å². The second kappa shape index (κ2) is 7.19. The Kier molecular flexibility index (Phi) is 4.57. The van der Waals surface area contributed by atoms with Gasteiger partial charge in [-0.3, -0.25) is 0 Å². The van der Waals surface area contributed by atoms with Crippen molar-refractivity contribution < 1.29 is 14.6 Å². The predicted molar refractivity (Wildman–Crippen MR) is 109 cm³/mol. The lowest BCUT2D eigenvalue weighted by Crippen LogP contribution is -2.12. The summed E-state index contributed by atoms with van der Waals surface area (Å²) in [6, 6.07) is 23.2.